The molecule has 0 aliphatic carbocycles. The fraction of sp³-hybridized carbons (Fsp3) is 0.400. The van der Waals surface area contributed by atoms with Crippen molar-refractivity contribution in [1.82, 2.24) is 5.32 Å². The third-order valence-corrected chi connectivity index (χ3v) is 2.94. The molecule has 5 heteroatoms. The summed E-state index contributed by atoms with van der Waals surface area (Å²) in [4.78, 5) is 11.2. The lowest BCUT2D eigenvalue weighted by atomic mass is 10.1. The van der Waals surface area contributed by atoms with Crippen LogP contribution in [0.15, 0.2) is 24.3 Å². The van der Waals surface area contributed by atoms with E-state index in [2.05, 4.69) is 11.9 Å². The largest absolute Gasteiger partial charge is 0.504 e. The third-order valence-electron chi connectivity index (χ3n) is 2.94. The molecule has 1 rings (SSSR count). The number of hydrogen-bond acceptors (Lipinski definition) is 4. The molecule has 0 saturated heterocycles. The van der Waals surface area contributed by atoms with Gasteiger partial charge in [0.15, 0.2) is 17.2 Å². The molecule has 0 aliphatic rings. The first-order chi connectivity index (χ1) is 9.41. The number of hydrogen-bond donors (Lipinski definition) is 4. The van der Waals surface area contributed by atoms with Crippen LogP contribution in [0.4, 0.5) is 0 Å². The van der Waals surface area contributed by atoms with Crippen LogP contribution in [-0.4, -0.2) is 27.8 Å². The van der Waals surface area contributed by atoms with Crippen LogP contribution in [0.1, 0.15) is 31.7 Å². The summed E-state index contributed by atoms with van der Waals surface area (Å²) in [5, 5.41) is 30.7. The Kier molecular flexibility index (Phi) is 5.90. The highest BCUT2D eigenvalue weighted by atomic mass is 16.3. The Morgan fingerprint density at radius 1 is 1.15 bits per heavy atom. The van der Waals surface area contributed by atoms with Crippen LogP contribution in [0.25, 0.3) is 0 Å². The standard InChI is InChI=1S/C15H21NO4/c1-10(2)15(20)16-7-5-3-4-6-11-8-12(17)14(19)13(18)9-11/h8-9,17-19H,1,3-7H2,2H3,(H,16,20). The summed E-state index contributed by atoms with van der Waals surface area (Å²) in [7, 11) is 0. The van der Waals surface area contributed by atoms with E-state index in [1.807, 2.05) is 0 Å². The van der Waals surface area contributed by atoms with E-state index in [1.165, 1.54) is 12.1 Å². The molecule has 4 N–H and O–H groups in total. The van der Waals surface area contributed by atoms with Gasteiger partial charge in [0.2, 0.25) is 5.91 Å². The highest BCUT2D eigenvalue weighted by molar-refractivity contribution is 5.91. The molecule has 20 heavy (non-hydrogen) atoms. The fourth-order valence-corrected chi connectivity index (χ4v) is 1.79. The topological polar surface area (TPSA) is 89.8 Å². The molecular weight excluding hydrogens is 258 g/mol. The Morgan fingerprint density at radius 3 is 2.30 bits per heavy atom. The van der Waals surface area contributed by atoms with Crippen molar-refractivity contribution in [3.8, 4) is 17.2 Å². The quantitative estimate of drug-likeness (QED) is 0.350. The SMILES string of the molecule is C=C(C)C(=O)NCCCCCc1cc(O)c(O)c(O)c1. The van der Waals surface area contributed by atoms with Crippen molar-refractivity contribution in [2.24, 2.45) is 0 Å². The van der Waals surface area contributed by atoms with Crippen LogP contribution >= 0.6 is 0 Å². The third kappa shape index (κ3) is 4.84. The molecule has 0 heterocycles. The Balaban J connectivity index is 2.25. The van der Waals surface area contributed by atoms with E-state index >= 15 is 0 Å². The van der Waals surface area contributed by atoms with Gasteiger partial charge in [0, 0.05) is 12.1 Å². The molecule has 1 aromatic rings. The number of amides is 1. The van der Waals surface area contributed by atoms with Crippen LogP contribution < -0.4 is 5.32 Å². The van der Waals surface area contributed by atoms with Gasteiger partial charge in [-0.25, -0.2) is 0 Å². The number of carbonyl (C=O) groups is 1. The Bertz CT molecular complexity index is 474. The molecule has 0 atom stereocenters. The number of aromatic hydroxyl groups is 3. The summed E-state index contributed by atoms with van der Waals surface area (Å²) in [6.45, 7) is 5.83. The number of aryl methyl sites for hydroxylation is 1. The van der Waals surface area contributed by atoms with E-state index in [9.17, 15) is 20.1 Å². The van der Waals surface area contributed by atoms with Crippen LogP contribution in [0, 0.1) is 0 Å². The normalized spacial score (nSPS) is 10.2. The second kappa shape index (κ2) is 7.43. The van der Waals surface area contributed by atoms with E-state index in [0.29, 0.717) is 18.5 Å². The lowest BCUT2D eigenvalue weighted by molar-refractivity contribution is -0.117. The average molecular weight is 279 g/mol. The van der Waals surface area contributed by atoms with Gasteiger partial charge in [0.25, 0.3) is 0 Å². The highest BCUT2D eigenvalue weighted by Gasteiger charge is 2.07. The molecule has 0 bridgehead atoms. The van der Waals surface area contributed by atoms with E-state index in [1.54, 1.807) is 6.92 Å². The maximum Gasteiger partial charge on any atom is 0.246 e. The molecule has 0 aromatic heterocycles. The maximum atomic E-state index is 11.2. The van der Waals surface area contributed by atoms with E-state index in [-0.39, 0.29) is 17.4 Å². The molecule has 0 fully saturated rings. The number of unbranched alkanes of at least 4 members (excludes halogenated alkanes) is 2. The van der Waals surface area contributed by atoms with Crippen LogP contribution in [0.2, 0.25) is 0 Å². The number of phenolic OH excluding ortho intramolecular Hbond substituents is 3. The number of nitrogens with one attached hydrogen (secondary N) is 1. The zero-order valence-electron chi connectivity index (χ0n) is 11.6. The first-order valence-electron chi connectivity index (χ1n) is 6.59. The molecular formula is C15H21NO4. The second-order valence-electron chi connectivity index (χ2n) is 4.83. The summed E-state index contributed by atoms with van der Waals surface area (Å²) < 4.78 is 0. The van der Waals surface area contributed by atoms with Crippen LogP contribution in [0.5, 0.6) is 17.2 Å². The van der Waals surface area contributed by atoms with E-state index in [4.69, 9.17) is 0 Å². The van der Waals surface area contributed by atoms with E-state index < -0.39 is 5.75 Å². The van der Waals surface area contributed by atoms with Gasteiger partial charge in [-0.15, -0.1) is 0 Å². The molecule has 0 spiro atoms. The molecule has 1 amide bonds. The minimum atomic E-state index is -0.490. The molecule has 110 valence electrons. The summed E-state index contributed by atoms with van der Waals surface area (Å²) in [5.74, 6) is -1.24. The summed E-state index contributed by atoms with van der Waals surface area (Å²) >= 11 is 0. The molecule has 0 unspecified atom stereocenters. The van der Waals surface area contributed by atoms with Gasteiger partial charge in [-0.3, -0.25) is 4.79 Å². The van der Waals surface area contributed by atoms with Gasteiger partial charge >= 0.3 is 0 Å². The maximum absolute atomic E-state index is 11.2. The lowest BCUT2D eigenvalue weighted by Crippen LogP contribution is -2.24. The number of benzene rings is 1. The number of phenols is 3. The predicted octanol–water partition coefficient (Wildman–Crippen LogP) is 2.21. The van der Waals surface area contributed by atoms with E-state index in [0.717, 1.165) is 24.8 Å². The monoisotopic (exact) mass is 279 g/mol. The predicted molar refractivity (Wildman–Crippen MR) is 76.8 cm³/mol. The molecule has 1 aromatic carbocycles. The van der Waals surface area contributed by atoms with Crippen molar-refractivity contribution in [3.63, 3.8) is 0 Å². The minimum Gasteiger partial charge on any atom is -0.504 e. The lowest BCUT2D eigenvalue weighted by Gasteiger charge is -2.07. The Labute approximate surface area is 118 Å². The summed E-state index contributed by atoms with van der Waals surface area (Å²) in [6.07, 6.45) is 3.33. The van der Waals surface area contributed by atoms with Crippen molar-refractivity contribution < 1.29 is 20.1 Å². The fourth-order valence-electron chi connectivity index (χ4n) is 1.79. The van der Waals surface area contributed by atoms with Gasteiger partial charge in [-0.05, 0) is 43.9 Å². The zero-order valence-corrected chi connectivity index (χ0v) is 11.6. The zero-order chi connectivity index (χ0) is 15.1. The number of rotatable bonds is 7. The van der Waals surface area contributed by atoms with Crippen molar-refractivity contribution in [2.45, 2.75) is 32.6 Å². The minimum absolute atomic E-state index is 0.127. The summed E-state index contributed by atoms with van der Waals surface area (Å²) in [5.41, 5.74) is 1.27. The van der Waals surface area contributed by atoms with Gasteiger partial charge in [-0.2, -0.15) is 0 Å². The van der Waals surface area contributed by atoms with Crippen molar-refractivity contribution >= 4 is 5.91 Å². The van der Waals surface area contributed by atoms with Crippen LogP contribution in [0.3, 0.4) is 0 Å². The molecule has 0 aliphatic heterocycles. The Morgan fingerprint density at radius 2 is 1.75 bits per heavy atom. The van der Waals surface area contributed by atoms with Gasteiger partial charge in [-0.1, -0.05) is 13.0 Å². The number of carbonyl (C=O) groups excluding carboxylic acids is 1. The van der Waals surface area contributed by atoms with Crippen molar-refractivity contribution in [3.05, 3.63) is 29.8 Å². The highest BCUT2D eigenvalue weighted by Crippen LogP contribution is 2.35. The second-order valence-corrected chi connectivity index (χ2v) is 4.83. The molecule has 0 saturated carbocycles. The van der Waals surface area contributed by atoms with Crippen molar-refractivity contribution in [2.75, 3.05) is 6.54 Å². The summed E-state index contributed by atoms with van der Waals surface area (Å²) in [6, 6.07) is 2.88. The van der Waals surface area contributed by atoms with Crippen molar-refractivity contribution in [1.29, 1.82) is 0 Å². The Hall–Kier alpha value is -2.17. The van der Waals surface area contributed by atoms with Gasteiger partial charge < -0.3 is 20.6 Å². The molecule has 0 radical (unpaired) electrons. The first kappa shape index (κ1) is 15.9. The first-order valence-corrected chi connectivity index (χ1v) is 6.59. The van der Waals surface area contributed by atoms with Gasteiger partial charge in [0.05, 0.1) is 0 Å². The smallest absolute Gasteiger partial charge is 0.246 e. The van der Waals surface area contributed by atoms with Gasteiger partial charge in [0.1, 0.15) is 0 Å². The molecule has 5 nitrogen and oxygen atoms in total. The van der Waals surface area contributed by atoms with Crippen LogP contribution in [-0.2, 0) is 11.2 Å². The average Bonchev–Trinajstić information content (AvgIpc) is 2.39.